The maximum atomic E-state index is 13.3. The van der Waals surface area contributed by atoms with E-state index in [2.05, 4.69) is 15.2 Å². The number of likely N-dealkylation sites (tertiary alicyclic amines) is 1. The van der Waals surface area contributed by atoms with E-state index in [4.69, 9.17) is 22.2 Å². The summed E-state index contributed by atoms with van der Waals surface area (Å²) in [5.41, 5.74) is 5.15. The van der Waals surface area contributed by atoms with E-state index in [9.17, 15) is 31.1 Å². The lowest BCUT2D eigenvalue weighted by Crippen LogP contribution is -2.40. The first-order valence-electron chi connectivity index (χ1n) is 12.0. The second-order valence-corrected chi connectivity index (χ2v) is 10.7. The number of carbonyl (C=O) groups excluding carboxylic acids is 1. The number of carbonyl (C=O) groups is 1. The van der Waals surface area contributed by atoms with E-state index in [1.165, 1.54) is 16.2 Å². The number of halogens is 7. The Morgan fingerprint density at radius 1 is 1.15 bits per heavy atom. The number of hydrogen-bond acceptors (Lipinski definition) is 7. The predicted molar refractivity (Wildman–Crippen MR) is 134 cm³/mol. The molecule has 1 atom stereocenters. The van der Waals surface area contributed by atoms with Crippen LogP contribution in [0.3, 0.4) is 0 Å². The third-order valence-corrected chi connectivity index (χ3v) is 8.07. The minimum atomic E-state index is -5.10. The van der Waals surface area contributed by atoms with E-state index in [-0.39, 0.29) is 29.8 Å². The van der Waals surface area contributed by atoms with Crippen molar-refractivity contribution in [1.29, 1.82) is 0 Å². The van der Waals surface area contributed by atoms with Gasteiger partial charge in [-0.15, -0.1) is 11.3 Å². The summed E-state index contributed by atoms with van der Waals surface area (Å²) in [6.45, 7) is -0.524. The van der Waals surface area contributed by atoms with Crippen molar-refractivity contribution in [1.82, 2.24) is 19.7 Å². The fourth-order valence-electron chi connectivity index (χ4n) is 4.69. The highest BCUT2D eigenvalue weighted by atomic mass is 35.5. The summed E-state index contributed by atoms with van der Waals surface area (Å²) >= 11 is 7.70. The van der Waals surface area contributed by atoms with Gasteiger partial charge in [-0.3, -0.25) is 9.48 Å². The van der Waals surface area contributed by atoms with Gasteiger partial charge in [-0.05, 0) is 25.0 Å². The van der Waals surface area contributed by atoms with Gasteiger partial charge in [0.25, 0.3) is 0 Å². The quantitative estimate of drug-likeness (QED) is 0.289. The zero-order chi connectivity index (χ0) is 28.8. The lowest BCUT2D eigenvalue weighted by molar-refractivity contribution is -0.146. The van der Waals surface area contributed by atoms with Crippen LogP contribution in [-0.2, 0) is 28.5 Å². The van der Waals surface area contributed by atoms with Gasteiger partial charge in [-0.1, -0.05) is 22.8 Å². The van der Waals surface area contributed by atoms with Gasteiger partial charge in [0.1, 0.15) is 18.0 Å². The average molecular weight is 607 g/mol. The van der Waals surface area contributed by atoms with Gasteiger partial charge in [0, 0.05) is 53.1 Å². The van der Waals surface area contributed by atoms with Crippen LogP contribution in [0.25, 0.3) is 0 Å². The molecule has 1 aromatic carbocycles. The Labute approximate surface area is 232 Å². The van der Waals surface area contributed by atoms with Crippen molar-refractivity contribution in [3.8, 4) is 0 Å². The lowest BCUT2D eigenvalue weighted by Gasteiger charge is -2.31. The lowest BCUT2D eigenvalue weighted by atomic mass is 9.97. The molecule has 2 aliphatic heterocycles. The molecule has 1 fully saturated rings. The molecule has 40 heavy (non-hydrogen) atoms. The smallest absolute Gasteiger partial charge is 0.398 e. The second-order valence-electron chi connectivity index (χ2n) is 9.37. The number of hydrogen-bond donors (Lipinski definition) is 1. The number of benzene rings is 1. The zero-order valence-electron chi connectivity index (χ0n) is 20.5. The van der Waals surface area contributed by atoms with E-state index in [1.807, 2.05) is 5.38 Å². The van der Waals surface area contributed by atoms with Crippen LogP contribution in [0.1, 0.15) is 58.9 Å². The molecule has 0 spiro atoms. The first-order chi connectivity index (χ1) is 18.8. The van der Waals surface area contributed by atoms with E-state index >= 15 is 0 Å². The average Bonchev–Trinajstić information content (AvgIpc) is 3.63. The number of nitrogen functional groups attached to an aromatic ring is 1. The zero-order valence-corrected chi connectivity index (χ0v) is 22.0. The van der Waals surface area contributed by atoms with Crippen molar-refractivity contribution in [2.24, 2.45) is 5.16 Å². The number of aromatic nitrogens is 3. The van der Waals surface area contributed by atoms with Gasteiger partial charge in [-0.25, -0.2) is 4.98 Å². The number of piperidine rings is 1. The number of anilines is 1. The standard InChI is InChI=1S/C24H21ClF6N6O2S/c25-13-2-1-3-14(32)21(13)17-8-15(35-39-17)16-11-40-22(33-16)12-4-6-36(7-5-12)20(38)10-37-19(24(29,30)31)9-18(34-37)23(26,27)28/h1-3,9,11-12,17H,4-8,10,32H2. The molecule has 3 aromatic rings. The topological polar surface area (TPSA) is 98.6 Å². The number of amides is 1. The van der Waals surface area contributed by atoms with Gasteiger partial charge >= 0.3 is 12.4 Å². The minimum Gasteiger partial charge on any atom is -0.398 e. The molecule has 0 saturated carbocycles. The summed E-state index contributed by atoms with van der Waals surface area (Å²) in [6.07, 6.45) is -9.21. The number of nitrogens with two attached hydrogens (primary N) is 1. The Morgan fingerprint density at radius 2 is 1.88 bits per heavy atom. The third kappa shape index (κ3) is 5.75. The molecule has 2 aliphatic rings. The highest BCUT2D eigenvalue weighted by Gasteiger charge is 2.42. The summed E-state index contributed by atoms with van der Waals surface area (Å²) in [5.74, 6) is -0.754. The fraction of sp³-hybridized carbons (Fsp3) is 0.417. The predicted octanol–water partition coefficient (Wildman–Crippen LogP) is 5.88. The Kier molecular flexibility index (Phi) is 7.46. The Hall–Kier alpha value is -3.33. The van der Waals surface area contributed by atoms with Crippen LogP contribution < -0.4 is 5.73 Å². The molecule has 1 saturated heterocycles. The molecule has 5 rings (SSSR count). The number of nitrogens with zero attached hydrogens (tertiary/aromatic N) is 5. The van der Waals surface area contributed by atoms with Crippen molar-refractivity contribution in [3.63, 3.8) is 0 Å². The van der Waals surface area contributed by atoms with Crippen molar-refractivity contribution < 1.29 is 36.0 Å². The molecule has 2 aromatic heterocycles. The van der Waals surface area contributed by atoms with E-state index in [0.29, 0.717) is 46.9 Å². The highest BCUT2D eigenvalue weighted by Crippen LogP contribution is 2.39. The van der Waals surface area contributed by atoms with Crippen molar-refractivity contribution >= 4 is 40.2 Å². The van der Waals surface area contributed by atoms with Crippen LogP contribution in [0.5, 0.6) is 0 Å². The Bertz CT molecular complexity index is 1420. The van der Waals surface area contributed by atoms with Gasteiger partial charge in [0.15, 0.2) is 11.8 Å². The van der Waals surface area contributed by atoms with Crippen molar-refractivity contribution in [3.05, 3.63) is 62.3 Å². The minimum absolute atomic E-state index is 0.00648. The maximum Gasteiger partial charge on any atom is 0.435 e. The molecular weight excluding hydrogens is 586 g/mol. The SMILES string of the molecule is Nc1cccc(Cl)c1C1CC(c2csc(C3CCN(C(=O)Cn4nc(C(F)(F)F)cc4C(F)(F)F)CC3)n2)=NO1. The van der Waals surface area contributed by atoms with Crippen molar-refractivity contribution in [2.45, 2.75) is 50.2 Å². The van der Waals surface area contributed by atoms with Gasteiger partial charge in [-0.2, -0.15) is 31.4 Å². The van der Waals surface area contributed by atoms with E-state index in [1.54, 1.807) is 18.2 Å². The van der Waals surface area contributed by atoms with Gasteiger partial charge in [0.2, 0.25) is 5.91 Å². The number of oxime groups is 1. The molecule has 1 amide bonds. The second kappa shape index (κ2) is 10.6. The van der Waals surface area contributed by atoms with Crippen LogP contribution in [0.4, 0.5) is 32.0 Å². The van der Waals surface area contributed by atoms with E-state index < -0.39 is 42.3 Å². The first-order valence-corrected chi connectivity index (χ1v) is 13.3. The Balaban J connectivity index is 1.19. The maximum absolute atomic E-state index is 13.3. The molecule has 0 bridgehead atoms. The largest absolute Gasteiger partial charge is 0.435 e. The molecule has 0 aliphatic carbocycles. The highest BCUT2D eigenvalue weighted by molar-refractivity contribution is 7.10. The van der Waals surface area contributed by atoms with Crippen LogP contribution >= 0.6 is 22.9 Å². The summed E-state index contributed by atoms with van der Waals surface area (Å²) in [6, 6.07) is 5.09. The third-order valence-electron chi connectivity index (χ3n) is 6.74. The Morgan fingerprint density at radius 3 is 2.52 bits per heavy atom. The molecule has 16 heteroatoms. The monoisotopic (exact) mass is 606 g/mol. The molecular formula is C24H21ClF6N6O2S. The molecule has 214 valence electrons. The van der Waals surface area contributed by atoms with Crippen LogP contribution in [-0.4, -0.2) is 44.4 Å². The molecule has 2 N–H and O–H groups in total. The van der Waals surface area contributed by atoms with Gasteiger partial charge in [0.05, 0.1) is 10.7 Å². The summed E-state index contributed by atoms with van der Waals surface area (Å²) in [7, 11) is 0. The number of rotatable bonds is 5. The van der Waals surface area contributed by atoms with Crippen molar-refractivity contribution in [2.75, 3.05) is 18.8 Å². The van der Waals surface area contributed by atoms with Gasteiger partial charge < -0.3 is 15.5 Å². The molecule has 8 nitrogen and oxygen atoms in total. The van der Waals surface area contributed by atoms with Crippen LogP contribution in [0.2, 0.25) is 5.02 Å². The molecule has 0 radical (unpaired) electrons. The van der Waals surface area contributed by atoms with E-state index in [0.717, 1.165) is 5.01 Å². The number of alkyl halides is 6. The summed E-state index contributed by atoms with van der Waals surface area (Å²) < 4.78 is 78.6. The molecule has 1 unspecified atom stereocenters. The first kappa shape index (κ1) is 28.2. The summed E-state index contributed by atoms with van der Waals surface area (Å²) in [5, 5.41) is 10.3. The number of thiazole rings is 1. The normalized spacial score (nSPS) is 18.6. The fourth-order valence-corrected chi connectivity index (χ4v) is 6.00. The summed E-state index contributed by atoms with van der Waals surface area (Å²) in [4.78, 5) is 24.3. The van der Waals surface area contributed by atoms with Crippen LogP contribution in [0, 0.1) is 0 Å². The molecule has 4 heterocycles. The van der Waals surface area contributed by atoms with Crippen LogP contribution in [0.15, 0.2) is 34.8 Å².